The second kappa shape index (κ2) is 12.5. The van der Waals surface area contributed by atoms with Gasteiger partial charge in [0.2, 0.25) is 5.91 Å². The predicted molar refractivity (Wildman–Crippen MR) is 153 cm³/mol. The summed E-state index contributed by atoms with van der Waals surface area (Å²) >= 11 is 0. The lowest BCUT2D eigenvalue weighted by molar-refractivity contribution is -0.137. The van der Waals surface area contributed by atoms with Gasteiger partial charge in [-0.25, -0.2) is 9.59 Å². The van der Waals surface area contributed by atoms with Crippen LogP contribution < -0.4 is 22.5 Å². The number of urea groups is 1. The van der Waals surface area contributed by atoms with Crippen molar-refractivity contribution in [2.24, 2.45) is 11.5 Å². The van der Waals surface area contributed by atoms with E-state index in [4.69, 9.17) is 16.2 Å². The maximum atomic E-state index is 12.8. The van der Waals surface area contributed by atoms with E-state index in [1.165, 1.54) is 4.57 Å². The van der Waals surface area contributed by atoms with Crippen LogP contribution in [0.1, 0.15) is 38.7 Å². The summed E-state index contributed by atoms with van der Waals surface area (Å²) < 4.78 is 7.00. The van der Waals surface area contributed by atoms with Crippen LogP contribution in [0, 0.1) is 0 Å². The van der Waals surface area contributed by atoms with E-state index in [1.807, 2.05) is 24.3 Å². The molecule has 0 radical (unpaired) electrons. The molecule has 5 N–H and O–H groups in total. The van der Waals surface area contributed by atoms with Crippen molar-refractivity contribution in [2.45, 2.75) is 63.4 Å². The first-order chi connectivity index (χ1) is 19.0. The minimum Gasteiger partial charge on any atom is -0.380 e. The third-order valence-corrected chi connectivity index (χ3v) is 7.83. The van der Waals surface area contributed by atoms with Gasteiger partial charge in [0.1, 0.15) is 5.82 Å². The van der Waals surface area contributed by atoms with E-state index in [2.05, 4.69) is 22.2 Å². The number of hydrogen-bond donors (Lipinski definition) is 3. The predicted octanol–water partition coefficient (Wildman–Crippen LogP) is 0.973. The van der Waals surface area contributed by atoms with E-state index in [0.29, 0.717) is 37.9 Å². The Kier molecular flexibility index (Phi) is 9.24. The first-order valence-electron chi connectivity index (χ1n) is 13.8. The van der Waals surface area contributed by atoms with Gasteiger partial charge in [-0.3, -0.25) is 19.6 Å². The Morgan fingerprint density at radius 1 is 1.10 bits per heavy atom. The summed E-state index contributed by atoms with van der Waals surface area (Å²) in [6.07, 6.45) is 4.59. The number of anilines is 1. The molecular formula is C28H42N8O4. The third kappa shape index (κ3) is 7.05. The Labute approximate surface area is 235 Å². The molecule has 1 aliphatic carbocycles. The molecule has 2 aliphatic rings. The molecule has 2 aromatic rings. The van der Waals surface area contributed by atoms with Crippen molar-refractivity contribution in [1.29, 1.82) is 0 Å². The van der Waals surface area contributed by atoms with Crippen molar-refractivity contribution < 1.29 is 14.3 Å². The third-order valence-electron chi connectivity index (χ3n) is 7.83. The Morgan fingerprint density at radius 2 is 1.75 bits per heavy atom. The van der Waals surface area contributed by atoms with Crippen LogP contribution >= 0.6 is 0 Å². The molecule has 0 spiro atoms. The molecule has 2 heterocycles. The van der Waals surface area contributed by atoms with Crippen molar-refractivity contribution in [3.8, 4) is 5.69 Å². The van der Waals surface area contributed by atoms with E-state index in [9.17, 15) is 14.4 Å². The summed E-state index contributed by atoms with van der Waals surface area (Å²) in [7, 11) is 3.84. The van der Waals surface area contributed by atoms with Crippen LogP contribution in [0.25, 0.3) is 5.69 Å². The normalized spacial score (nSPS) is 21.9. The van der Waals surface area contributed by atoms with Crippen LogP contribution in [0.15, 0.2) is 41.3 Å². The van der Waals surface area contributed by atoms with Gasteiger partial charge in [-0.15, -0.1) is 0 Å². The largest absolute Gasteiger partial charge is 0.380 e. The van der Waals surface area contributed by atoms with Gasteiger partial charge in [0.05, 0.1) is 17.3 Å². The zero-order valence-corrected chi connectivity index (χ0v) is 23.9. The molecule has 40 heavy (non-hydrogen) atoms. The topological polar surface area (TPSA) is 152 Å². The van der Waals surface area contributed by atoms with Gasteiger partial charge in [-0.1, -0.05) is 12.1 Å². The highest BCUT2D eigenvalue weighted by Gasteiger charge is 2.32. The smallest absolute Gasteiger partial charge is 0.354 e. The lowest BCUT2D eigenvalue weighted by Gasteiger charge is -2.38. The lowest BCUT2D eigenvalue weighted by atomic mass is 9.88. The molecule has 1 aliphatic heterocycles. The van der Waals surface area contributed by atoms with Gasteiger partial charge in [0, 0.05) is 58.1 Å². The van der Waals surface area contributed by atoms with Crippen LogP contribution in [-0.2, 0) is 16.1 Å². The minimum atomic E-state index is -0.951. The fraction of sp³-hybridized carbons (Fsp3) is 0.571. The van der Waals surface area contributed by atoms with Crippen molar-refractivity contribution >= 4 is 17.8 Å². The van der Waals surface area contributed by atoms with E-state index < -0.39 is 11.2 Å². The summed E-state index contributed by atoms with van der Waals surface area (Å²) in [5.41, 5.74) is 12.5. The number of benzene rings is 1. The molecule has 3 unspecified atom stereocenters. The number of piperazine rings is 1. The molecule has 0 bridgehead atoms. The van der Waals surface area contributed by atoms with Crippen LogP contribution in [0.2, 0.25) is 0 Å². The van der Waals surface area contributed by atoms with E-state index in [-0.39, 0.29) is 29.9 Å². The molecule has 1 aromatic carbocycles. The fourth-order valence-corrected chi connectivity index (χ4v) is 5.36. The SMILES string of the molecule is COC1CC(N(C)Cc2ccc(-n3ccc(NC(=O)N4CCN(C(=O)C(C)(C)N)CC4)nc3=O)cc2)CCC1N. The number of carbonyl (C=O) groups excluding carboxylic acids is 2. The van der Waals surface area contributed by atoms with Crippen LogP contribution in [0.3, 0.4) is 0 Å². The first-order valence-corrected chi connectivity index (χ1v) is 13.8. The zero-order chi connectivity index (χ0) is 29.0. The fourth-order valence-electron chi connectivity index (χ4n) is 5.36. The number of ether oxygens (including phenoxy) is 1. The molecule has 4 rings (SSSR count). The number of nitrogens with two attached hydrogens (primary N) is 2. The number of nitrogens with zero attached hydrogens (tertiary/aromatic N) is 5. The second-order valence-electron chi connectivity index (χ2n) is 11.4. The molecule has 1 aromatic heterocycles. The average Bonchev–Trinajstić information content (AvgIpc) is 2.93. The van der Waals surface area contributed by atoms with Crippen molar-refractivity contribution in [1.82, 2.24) is 24.3 Å². The number of aromatic nitrogens is 2. The van der Waals surface area contributed by atoms with Gasteiger partial charge in [0.15, 0.2) is 0 Å². The molecule has 12 nitrogen and oxygen atoms in total. The molecule has 1 saturated carbocycles. The standard InChI is InChI=1S/C28H42N8O4/c1-28(2,30)25(37)34-13-15-35(16-14-34)26(38)31-24-11-12-36(27(39)32-24)20-7-5-19(6-8-20)18-33(3)21-9-10-22(29)23(17-21)40-4/h5-8,11-12,21-23H,9-10,13-18,29-30H2,1-4H3,(H,31,32,38,39). The Bertz CT molecular complexity index is 1230. The maximum Gasteiger partial charge on any atom is 0.354 e. The van der Waals surface area contributed by atoms with Gasteiger partial charge in [0.25, 0.3) is 0 Å². The van der Waals surface area contributed by atoms with E-state index in [1.54, 1.807) is 43.0 Å². The van der Waals surface area contributed by atoms with Gasteiger partial charge >= 0.3 is 11.7 Å². The van der Waals surface area contributed by atoms with Gasteiger partial charge in [-0.05, 0) is 63.9 Å². The quantitative estimate of drug-likeness (QED) is 0.458. The van der Waals surface area contributed by atoms with Gasteiger partial charge < -0.3 is 26.0 Å². The number of rotatable bonds is 7. The number of amides is 3. The van der Waals surface area contributed by atoms with E-state index in [0.717, 1.165) is 31.4 Å². The molecule has 2 fully saturated rings. The summed E-state index contributed by atoms with van der Waals surface area (Å²) in [6.45, 7) is 5.65. The average molecular weight is 555 g/mol. The number of hydrogen-bond acceptors (Lipinski definition) is 8. The summed E-state index contributed by atoms with van der Waals surface area (Å²) in [4.78, 5) is 47.5. The minimum absolute atomic E-state index is 0.0839. The van der Waals surface area contributed by atoms with E-state index >= 15 is 0 Å². The van der Waals surface area contributed by atoms with Crippen molar-refractivity contribution in [3.63, 3.8) is 0 Å². The summed E-state index contributed by atoms with van der Waals surface area (Å²) in [5.74, 6) is 0.0279. The highest BCUT2D eigenvalue weighted by Crippen LogP contribution is 2.25. The zero-order valence-electron chi connectivity index (χ0n) is 23.9. The van der Waals surface area contributed by atoms with Crippen molar-refractivity contribution in [2.75, 3.05) is 45.7 Å². The summed E-state index contributed by atoms with van der Waals surface area (Å²) in [6, 6.07) is 9.53. The molecule has 1 saturated heterocycles. The number of methoxy groups -OCH3 is 1. The highest BCUT2D eigenvalue weighted by molar-refractivity contribution is 5.89. The molecule has 218 valence electrons. The molecular weight excluding hydrogens is 512 g/mol. The van der Waals surface area contributed by atoms with Crippen molar-refractivity contribution in [3.05, 3.63) is 52.6 Å². The Hall–Kier alpha value is -3.32. The van der Waals surface area contributed by atoms with Crippen LogP contribution in [0.5, 0.6) is 0 Å². The van der Waals surface area contributed by atoms with Crippen LogP contribution in [0.4, 0.5) is 10.6 Å². The Balaban J connectivity index is 1.32. The van der Waals surface area contributed by atoms with Gasteiger partial charge in [-0.2, -0.15) is 4.98 Å². The van der Waals surface area contributed by atoms with Crippen LogP contribution in [-0.4, -0.2) is 100 Å². The first kappa shape index (κ1) is 29.7. The summed E-state index contributed by atoms with van der Waals surface area (Å²) in [5, 5.41) is 2.69. The lowest BCUT2D eigenvalue weighted by Crippen LogP contribution is -2.58. The maximum absolute atomic E-state index is 12.8. The highest BCUT2D eigenvalue weighted by atomic mass is 16.5. The second-order valence-corrected chi connectivity index (χ2v) is 11.4. The number of nitrogens with one attached hydrogen (secondary N) is 1. The Morgan fingerprint density at radius 3 is 2.35 bits per heavy atom. The molecule has 3 atom stereocenters. The molecule has 12 heteroatoms. The monoisotopic (exact) mass is 554 g/mol. The molecule has 3 amide bonds. The number of carbonyl (C=O) groups is 2.